The maximum atomic E-state index is 13.5. The molecular formula is C24H22F3N5OS. The Morgan fingerprint density at radius 2 is 1.97 bits per heavy atom. The summed E-state index contributed by atoms with van der Waals surface area (Å²) in [6, 6.07) is 13.0. The van der Waals surface area contributed by atoms with Crippen molar-refractivity contribution in [3.8, 4) is 0 Å². The fraction of sp³-hybridized carbons (Fsp3) is 0.292. The number of nitrogens with one attached hydrogen (secondary N) is 2. The van der Waals surface area contributed by atoms with Gasteiger partial charge in [-0.2, -0.15) is 25.8 Å². The normalized spacial score (nSPS) is 21.0. The van der Waals surface area contributed by atoms with E-state index in [-0.39, 0.29) is 17.5 Å². The second-order valence-corrected chi connectivity index (χ2v) is 9.44. The van der Waals surface area contributed by atoms with Crippen LogP contribution in [0.4, 0.5) is 18.9 Å². The lowest BCUT2D eigenvalue weighted by molar-refractivity contribution is -0.140. The van der Waals surface area contributed by atoms with Crippen LogP contribution in [0.5, 0.6) is 0 Å². The number of nitrogens with zero attached hydrogens (tertiary/aromatic N) is 3. The van der Waals surface area contributed by atoms with Crippen molar-refractivity contribution < 1.29 is 18.0 Å². The van der Waals surface area contributed by atoms with Gasteiger partial charge in [0.25, 0.3) is 5.91 Å². The minimum atomic E-state index is -4.57. The lowest BCUT2D eigenvalue weighted by atomic mass is 9.89. The Morgan fingerprint density at radius 3 is 2.79 bits per heavy atom. The third kappa shape index (κ3) is 4.42. The van der Waals surface area contributed by atoms with Crippen LogP contribution in [0, 0.1) is 0 Å². The van der Waals surface area contributed by atoms with Crippen LogP contribution >= 0.6 is 12.6 Å². The molecule has 6 nitrogen and oxygen atoms in total. The molecule has 1 aromatic carbocycles. The Morgan fingerprint density at radius 1 is 1.18 bits per heavy atom. The van der Waals surface area contributed by atoms with Gasteiger partial charge in [0, 0.05) is 23.3 Å². The van der Waals surface area contributed by atoms with E-state index in [0.717, 1.165) is 18.9 Å². The van der Waals surface area contributed by atoms with Crippen molar-refractivity contribution in [3.05, 3.63) is 72.4 Å². The Hall–Kier alpha value is -3.27. The van der Waals surface area contributed by atoms with E-state index in [0.29, 0.717) is 35.1 Å². The van der Waals surface area contributed by atoms with Crippen molar-refractivity contribution >= 4 is 40.6 Å². The molecule has 1 saturated carbocycles. The molecule has 3 heterocycles. The number of thiol groups is 1. The Labute approximate surface area is 199 Å². The summed E-state index contributed by atoms with van der Waals surface area (Å²) in [6.45, 7) is 0. The standard InChI is InChI=1S/C24H22F3N5OS/c25-24(26,27)20-12-18(16-7-1-2-8-17(16)30-20)31-23(34)10-5-6-15(13-23)29-22(33)21-19-9-3-4-11-32(19)14-28-21/h1-4,7-9,11-12,14-15,34H,5-6,10,13H2,(H,29,33)(H,30,31)/t15-,23+/m1/s1. The fourth-order valence-corrected chi connectivity index (χ4v) is 5.04. The second-order valence-electron chi connectivity index (χ2n) is 8.58. The Balaban J connectivity index is 1.38. The first-order valence-corrected chi connectivity index (χ1v) is 11.4. The minimum absolute atomic E-state index is 0.207. The summed E-state index contributed by atoms with van der Waals surface area (Å²) in [7, 11) is 0. The Bertz CT molecular complexity index is 1370. The first kappa shape index (κ1) is 22.5. The largest absolute Gasteiger partial charge is 0.433 e. The third-order valence-electron chi connectivity index (χ3n) is 6.10. The molecule has 1 amide bonds. The first-order valence-electron chi connectivity index (χ1n) is 10.9. The molecule has 176 valence electrons. The molecule has 34 heavy (non-hydrogen) atoms. The van der Waals surface area contributed by atoms with E-state index in [1.54, 1.807) is 35.0 Å². The van der Waals surface area contributed by atoms with Crippen LogP contribution in [0.15, 0.2) is 61.1 Å². The summed E-state index contributed by atoms with van der Waals surface area (Å²) < 4.78 is 42.1. The molecule has 10 heteroatoms. The lowest BCUT2D eigenvalue weighted by Crippen LogP contribution is -2.47. The molecule has 0 spiro atoms. The van der Waals surface area contributed by atoms with Crippen LogP contribution in [-0.2, 0) is 6.18 Å². The highest BCUT2D eigenvalue weighted by molar-refractivity contribution is 7.82. The number of pyridine rings is 2. The quantitative estimate of drug-likeness (QED) is 0.271. The molecule has 0 aliphatic heterocycles. The number of imidazole rings is 1. The number of hydrogen-bond acceptors (Lipinski definition) is 5. The first-order chi connectivity index (χ1) is 16.2. The summed E-state index contributed by atoms with van der Waals surface area (Å²) in [4.78, 5) is 20.1. The number of amides is 1. The number of carbonyl (C=O) groups excluding carboxylic acids is 1. The number of hydrogen-bond donors (Lipinski definition) is 3. The molecule has 3 aromatic heterocycles. The molecule has 0 bridgehead atoms. The van der Waals surface area contributed by atoms with E-state index in [4.69, 9.17) is 12.6 Å². The molecule has 5 rings (SSSR count). The zero-order chi connectivity index (χ0) is 23.9. The SMILES string of the molecule is O=C(N[C@@H]1CCC[C@@](S)(Nc2cc(C(F)(F)F)nc3ccccc23)C1)c1ncn2ccccc12. The number of anilines is 1. The van der Waals surface area contributed by atoms with Crippen molar-refractivity contribution in [2.75, 3.05) is 5.32 Å². The smallest absolute Gasteiger partial charge is 0.370 e. The van der Waals surface area contributed by atoms with Gasteiger partial charge < -0.3 is 15.0 Å². The van der Waals surface area contributed by atoms with Crippen LogP contribution in [-0.4, -0.2) is 31.2 Å². The monoisotopic (exact) mass is 485 g/mol. The third-order valence-corrected chi connectivity index (χ3v) is 6.61. The average Bonchev–Trinajstić information content (AvgIpc) is 3.22. The zero-order valence-corrected chi connectivity index (χ0v) is 18.9. The summed E-state index contributed by atoms with van der Waals surface area (Å²) in [5, 5.41) is 6.85. The lowest BCUT2D eigenvalue weighted by Gasteiger charge is -2.39. The highest BCUT2D eigenvalue weighted by Gasteiger charge is 2.37. The highest BCUT2D eigenvalue weighted by Crippen LogP contribution is 2.39. The summed E-state index contributed by atoms with van der Waals surface area (Å²) in [5.41, 5.74) is 0.648. The van der Waals surface area contributed by atoms with Crippen LogP contribution in [0.2, 0.25) is 0 Å². The number of halogens is 3. The van der Waals surface area contributed by atoms with Gasteiger partial charge in [0.1, 0.15) is 12.0 Å². The number of benzene rings is 1. The molecule has 2 atom stereocenters. The van der Waals surface area contributed by atoms with Crippen LogP contribution in [0.1, 0.15) is 41.9 Å². The molecule has 1 aliphatic carbocycles. The average molecular weight is 486 g/mol. The second kappa shape index (κ2) is 8.50. The van der Waals surface area contributed by atoms with Gasteiger partial charge in [-0.25, -0.2) is 9.97 Å². The van der Waals surface area contributed by atoms with E-state index in [1.165, 1.54) is 0 Å². The van der Waals surface area contributed by atoms with Crippen LogP contribution < -0.4 is 10.6 Å². The van der Waals surface area contributed by atoms with Gasteiger partial charge in [0.2, 0.25) is 0 Å². The molecule has 4 aromatic rings. The van der Waals surface area contributed by atoms with Gasteiger partial charge in [-0.3, -0.25) is 4.79 Å². The summed E-state index contributed by atoms with van der Waals surface area (Å²) >= 11 is 4.83. The van der Waals surface area contributed by atoms with Crippen molar-refractivity contribution in [1.82, 2.24) is 19.7 Å². The van der Waals surface area contributed by atoms with Gasteiger partial charge in [-0.15, -0.1) is 0 Å². The molecule has 0 saturated heterocycles. The topological polar surface area (TPSA) is 71.3 Å². The van der Waals surface area contributed by atoms with Gasteiger partial charge in [-0.05, 0) is 49.9 Å². The van der Waals surface area contributed by atoms with Gasteiger partial charge in [0.05, 0.1) is 15.9 Å². The molecule has 1 fully saturated rings. The van der Waals surface area contributed by atoms with Crippen LogP contribution in [0.3, 0.4) is 0 Å². The van der Waals surface area contributed by atoms with Gasteiger partial charge >= 0.3 is 6.18 Å². The highest BCUT2D eigenvalue weighted by atomic mass is 32.1. The van der Waals surface area contributed by atoms with Gasteiger partial charge in [0.15, 0.2) is 5.69 Å². The van der Waals surface area contributed by atoms with E-state index in [9.17, 15) is 18.0 Å². The van der Waals surface area contributed by atoms with Gasteiger partial charge in [-0.1, -0.05) is 24.3 Å². The van der Waals surface area contributed by atoms with E-state index >= 15 is 0 Å². The number of fused-ring (bicyclic) bond motifs is 2. The molecule has 2 N–H and O–H groups in total. The predicted octanol–water partition coefficient (Wildman–Crippen LogP) is 5.31. The number of carbonyl (C=O) groups is 1. The maximum Gasteiger partial charge on any atom is 0.433 e. The van der Waals surface area contributed by atoms with Crippen molar-refractivity contribution in [1.29, 1.82) is 0 Å². The van der Waals surface area contributed by atoms with Crippen molar-refractivity contribution in [3.63, 3.8) is 0 Å². The van der Waals surface area contributed by atoms with Crippen molar-refractivity contribution in [2.24, 2.45) is 0 Å². The van der Waals surface area contributed by atoms with Crippen LogP contribution in [0.25, 0.3) is 16.4 Å². The van der Waals surface area contributed by atoms with Crippen molar-refractivity contribution in [2.45, 2.75) is 42.8 Å². The zero-order valence-electron chi connectivity index (χ0n) is 18.0. The maximum absolute atomic E-state index is 13.5. The fourth-order valence-electron chi connectivity index (χ4n) is 4.54. The number of alkyl halides is 3. The van der Waals surface area contributed by atoms with E-state index < -0.39 is 16.7 Å². The van der Waals surface area contributed by atoms with E-state index in [2.05, 4.69) is 20.6 Å². The minimum Gasteiger partial charge on any atom is -0.370 e. The number of aromatic nitrogens is 3. The summed E-state index contributed by atoms with van der Waals surface area (Å²) in [6.07, 6.45) is 1.39. The predicted molar refractivity (Wildman–Crippen MR) is 127 cm³/mol. The molecular weight excluding hydrogens is 463 g/mol. The molecule has 0 unspecified atom stereocenters. The summed E-state index contributed by atoms with van der Waals surface area (Å²) in [5.74, 6) is -0.287. The number of rotatable bonds is 4. The number of para-hydroxylation sites is 1. The van der Waals surface area contributed by atoms with E-state index in [1.807, 2.05) is 24.4 Å². The molecule has 1 aliphatic rings. The Kier molecular flexibility index (Phi) is 5.63. The molecule has 0 radical (unpaired) electrons.